The lowest BCUT2D eigenvalue weighted by Gasteiger charge is -2.18. The highest BCUT2D eigenvalue weighted by Gasteiger charge is 2.19. The van der Waals surface area contributed by atoms with Crippen LogP contribution in [0, 0.1) is 0 Å². The van der Waals surface area contributed by atoms with Gasteiger partial charge in [0.2, 0.25) is 0 Å². The zero-order chi connectivity index (χ0) is 57.1. The molecule has 0 heterocycles. The third-order valence-corrected chi connectivity index (χ3v) is 14.0. The summed E-state index contributed by atoms with van der Waals surface area (Å²) in [6.45, 7) is 6.41. The van der Waals surface area contributed by atoms with Crippen molar-refractivity contribution in [3.8, 4) is 0 Å². The third kappa shape index (κ3) is 64.5. The Balaban J connectivity index is 4.30. The van der Waals surface area contributed by atoms with Crippen molar-refractivity contribution < 1.29 is 28.6 Å². The van der Waals surface area contributed by atoms with Crippen molar-refractivity contribution in [1.82, 2.24) is 0 Å². The molecule has 0 radical (unpaired) electrons. The molecule has 6 heteroatoms. The summed E-state index contributed by atoms with van der Waals surface area (Å²) < 4.78 is 16.9. The second kappa shape index (κ2) is 66.3. The predicted octanol–water partition coefficient (Wildman–Crippen LogP) is 22.8. The Morgan fingerprint density at radius 3 is 0.772 bits per heavy atom. The number of unbranched alkanes of at least 4 members (excludes halogenated alkanes) is 28. The van der Waals surface area contributed by atoms with Gasteiger partial charge in [-0.25, -0.2) is 0 Å². The summed E-state index contributed by atoms with van der Waals surface area (Å²) in [5.41, 5.74) is 0. The van der Waals surface area contributed by atoms with Crippen LogP contribution in [0.15, 0.2) is 122 Å². The number of hydrogen-bond acceptors (Lipinski definition) is 6. The Labute approximate surface area is 488 Å². The van der Waals surface area contributed by atoms with Gasteiger partial charge in [0.05, 0.1) is 0 Å². The van der Waals surface area contributed by atoms with Crippen LogP contribution >= 0.6 is 0 Å². The summed E-state index contributed by atoms with van der Waals surface area (Å²) in [4.78, 5) is 38.3. The van der Waals surface area contributed by atoms with E-state index in [-0.39, 0.29) is 31.1 Å². The lowest BCUT2D eigenvalue weighted by molar-refractivity contribution is -0.167. The number of rotatable bonds is 59. The monoisotopic (exact) mass is 1090 g/mol. The van der Waals surface area contributed by atoms with Gasteiger partial charge in [0.15, 0.2) is 6.10 Å². The fourth-order valence-corrected chi connectivity index (χ4v) is 9.09. The highest BCUT2D eigenvalue weighted by molar-refractivity contribution is 5.71. The first-order valence-electron chi connectivity index (χ1n) is 33.0. The second-order valence-corrected chi connectivity index (χ2v) is 21.6. The van der Waals surface area contributed by atoms with Gasteiger partial charge in [-0.3, -0.25) is 14.4 Å². The molecular weight excluding hydrogens is 973 g/mol. The topological polar surface area (TPSA) is 78.9 Å². The van der Waals surface area contributed by atoms with E-state index in [1.807, 2.05) is 0 Å². The fraction of sp³-hybridized carbons (Fsp3) is 0.685. The zero-order valence-electron chi connectivity index (χ0n) is 51.6. The van der Waals surface area contributed by atoms with Gasteiger partial charge in [-0.1, -0.05) is 296 Å². The number of carbonyl (C=O) groups is 3. The van der Waals surface area contributed by atoms with Crippen LogP contribution in [-0.4, -0.2) is 37.2 Å². The van der Waals surface area contributed by atoms with Crippen molar-refractivity contribution in [2.75, 3.05) is 13.2 Å². The minimum absolute atomic E-state index is 0.0827. The molecule has 0 aliphatic rings. The number of ether oxygens (including phenoxy) is 3. The van der Waals surface area contributed by atoms with Gasteiger partial charge in [-0.2, -0.15) is 0 Å². The number of esters is 3. The van der Waals surface area contributed by atoms with Crippen LogP contribution in [0.4, 0.5) is 0 Å². The van der Waals surface area contributed by atoms with E-state index < -0.39 is 6.10 Å². The Morgan fingerprint density at radius 2 is 0.494 bits per heavy atom. The van der Waals surface area contributed by atoms with Crippen LogP contribution in [0.2, 0.25) is 0 Å². The van der Waals surface area contributed by atoms with E-state index in [0.717, 1.165) is 128 Å². The molecule has 0 bridgehead atoms. The zero-order valence-corrected chi connectivity index (χ0v) is 51.6. The molecule has 0 fully saturated rings. The summed E-state index contributed by atoms with van der Waals surface area (Å²) in [7, 11) is 0. The molecule has 1 unspecified atom stereocenters. The fourth-order valence-electron chi connectivity index (χ4n) is 9.09. The molecule has 0 aliphatic heterocycles. The van der Waals surface area contributed by atoms with E-state index in [1.165, 1.54) is 135 Å². The van der Waals surface area contributed by atoms with Crippen LogP contribution in [-0.2, 0) is 28.6 Å². The summed E-state index contributed by atoms with van der Waals surface area (Å²) in [6.07, 6.45) is 92.1. The molecule has 79 heavy (non-hydrogen) atoms. The van der Waals surface area contributed by atoms with Crippen molar-refractivity contribution in [1.29, 1.82) is 0 Å². The molecule has 0 N–H and O–H groups in total. The summed E-state index contributed by atoms with van der Waals surface area (Å²) in [6, 6.07) is 0. The van der Waals surface area contributed by atoms with Gasteiger partial charge in [0.25, 0.3) is 0 Å². The molecule has 0 amide bonds. The SMILES string of the molecule is CC/C=C\C/C=C\C/C=C\C/C=C\C/C=C\CCCCCCCCCCCCCC(=O)OCC(COC(=O)CCCCCCCCCCCCC)OC(=O)CCCCCCCCC/C=C\C/C=C\C/C=C\C/C=C\C/C=C\CC. The van der Waals surface area contributed by atoms with Crippen molar-refractivity contribution >= 4 is 17.9 Å². The molecule has 0 saturated carbocycles. The van der Waals surface area contributed by atoms with E-state index in [9.17, 15) is 14.4 Å². The molecule has 6 nitrogen and oxygen atoms in total. The van der Waals surface area contributed by atoms with Crippen molar-refractivity contribution in [3.05, 3.63) is 122 Å². The second-order valence-electron chi connectivity index (χ2n) is 21.6. The highest BCUT2D eigenvalue weighted by Crippen LogP contribution is 2.16. The number of carbonyl (C=O) groups excluding carboxylic acids is 3. The Hall–Kier alpha value is -4.19. The maximum atomic E-state index is 12.9. The molecule has 1 atom stereocenters. The molecule has 0 rings (SSSR count). The largest absolute Gasteiger partial charge is 0.462 e. The summed E-state index contributed by atoms with van der Waals surface area (Å²) in [5.74, 6) is -0.890. The first-order valence-corrected chi connectivity index (χ1v) is 33.0. The van der Waals surface area contributed by atoms with Crippen LogP contribution in [0.1, 0.15) is 303 Å². The highest BCUT2D eigenvalue weighted by atomic mass is 16.6. The van der Waals surface area contributed by atoms with Gasteiger partial charge >= 0.3 is 17.9 Å². The van der Waals surface area contributed by atoms with Crippen molar-refractivity contribution in [3.63, 3.8) is 0 Å². The minimum Gasteiger partial charge on any atom is -0.462 e. The van der Waals surface area contributed by atoms with Crippen LogP contribution < -0.4 is 0 Å². The van der Waals surface area contributed by atoms with Crippen LogP contribution in [0.3, 0.4) is 0 Å². The molecule has 0 saturated heterocycles. The van der Waals surface area contributed by atoms with Gasteiger partial charge < -0.3 is 14.2 Å². The molecule has 0 spiro atoms. The number of allylic oxidation sites excluding steroid dienone is 20. The molecule has 0 aromatic rings. The van der Waals surface area contributed by atoms with Gasteiger partial charge in [-0.05, 0) is 109 Å². The average molecular weight is 1100 g/mol. The molecule has 0 aliphatic carbocycles. The van der Waals surface area contributed by atoms with Crippen molar-refractivity contribution in [2.24, 2.45) is 0 Å². The Morgan fingerprint density at radius 1 is 0.266 bits per heavy atom. The lowest BCUT2D eigenvalue weighted by Crippen LogP contribution is -2.30. The lowest BCUT2D eigenvalue weighted by atomic mass is 10.0. The summed E-state index contributed by atoms with van der Waals surface area (Å²) in [5, 5.41) is 0. The van der Waals surface area contributed by atoms with Crippen LogP contribution in [0.5, 0.6) is 0 Å². The third-order valence-electron chi connectivity index (χ3n) is 14.0. The van der Waals surface area contributed by atoms with E-state index in [0.29, 0.717) is 19.3 Å². The Kier molecular flexibility index (Phi) is 62.8. The number of hydrogen-bond donors (Lipinski definition) is 0. The molecule has 450 valence electrons. The summed E-state index contributed by atoms with van der Waals surface area (Å²) >= 11 is 0. The van der Waals surface area contributed by atoms with E-state index in [1.54, 1.807) is 0 Å². The molecular formula is C73H122O6. The first-order chi connectivity index (χ1) is 39.0. The molecule has 0 aromatic carbocycles. The average Bonchev–Trinajstić information content (AvgIpc) is 3.45. The Bertz CT molecular complexity index is 1640. The van der Waals surface area contributed by atoms with Crippen molar-refractivity contribution in [2.45, 2.75) is 309 Å². The quantitative estimate of drug-likeness (QED) is 0.0261. The smallest absolute Gasteiger partial charge is 0.306 e. The van der Waals surface area contributed by atoms with Crippen LogP contribution in [0.25, 0.3) is 0 Å². The van der Waals surface area contributed by atoms with Gasteiger partial charge in [0, 0.05) is 19.3 Å². The minimum atomic E-state index is -0.787. The maximum absolute atomic E-state index is 12.9. The van der Waals surface area contributed by atoms with E-state index >= 15 is 0 Å². The van der Waals surface area contributed by atoms with E-state index in [4.69, 9.17) is 14.2 Å². The van der Waals surface area contributed by atoms with E-state index in [2.05, 4.69) is 142 Å². The maximum Gasteiger partial charge on any atom is 0.306 e. The first kappa shape index (κ1) is 74.8. The van der Waals surface area contributed by atoms with Gasteiger partial charge in [-0.15, -0.1) is 0 Å². The normalized spacial score (nSPS) is 12.9. The predicted molar refractivity (Wildman–Crippen MR) is 343 cm³/mol. The standard InChI is InChI=1S/C73H122O6/c1-4-7-10-13-16-19-22-24-26-28-30-32-34-35-36-37-39-40-42-44-46-48-51-54-57-60-63-66-72(75)78-69-70(68-77-71(74)65-62-59-56-53-50-21-18-15-12-9-6-3)79-73(76)67-64-61-58-55-52-49-47-45-43-41-38-33-31-29-27-25-23-20-17-14-11-8-5-2/h7-8,10-11,16-17,19-20,24-27,30-33,35-36,41,43,70H,4-6,9,12-15,18,21-23,28-29,34,37-40,42,44-69H2,1-3H3/b10-7-,11-8-,19-16-,20-17-,26-24-,27-25-,32-30-,33-31-,36-35-,43-41-. The van der Waals surface area contributed by atoms with Gasteiger partial charge in [0.1, 0.15) is 13.2 Å². The molecule has 0 aromatic heterocycles.